The van der Waals surface area contributed by atoms with E-state index in [2.05, 4.69) is 17.3 Å². The van der Waals surface area contributed by atoms with Gasteiger partial charge in [0.1, 0.15) is 10.6 Å². The second-order valence-electron chi connectivity index (χ2n) is 9.07. The standard InChI is InChI=1S/C24H39N3O4S/c1-26(21-11-6-5-7-12-21)16-10-15-25-24(28)20-13-14-22(31-2)23(19-20)32(29,30)27-17-8-3-4-9-18-27/h13-14,19,21H,3-12,15-18H2,1-2H3,(H,25,28). The summed E-state index contributed by atoms with van der Waals surface area (Å²) in [6.07, 6.45) is 11.2. The third-order valence-electron chi connectivity index (χ3n) is 6.78. The fourth-order valence-corrected chi connectivity index (χ4v) is 6.48. The molecule has 180 valence electrons. The number of carbonyl (C=O) groups is 1. The molecule has 0 bridgehead atoms. The first-order chi connectivity index (χ1) is 15.4. The molecule has 2 aliphatic rings. The highest BCUT2D eigenvalue weighted by Crippen LogP contribution is 2.29. The molecule has 1 aliphatic carbocycles. The van der Waals surface area contributed by atoms with E-state index in [1.165, 1.54) is 49.6 Å². The Labute approximate surface area is 193 Å². The van der Waals surface area contributed by atoms with Crippen molar-refractivity contribution in [2.24, 2.45) is 0 Å². The van der Waals surface area contributed by atoms with Gasteiger partial charge in [0.2, 0.25) is 10.0 Å². The van der Waals surface area contributed by atoms with Crippen LogP contribution in [0.15, 0.2) is 23.1 Å². The molecule has 8 heteroatoms. The van der Waals surface area contributed by atoms with Gasteiger partial charge in [0.25, 0.3) is 5.91 Å². The van der Waals surface area contributed by atoms with E-state index in [-0.39, 0.29) is 16.6 Å². The van der Waals surface area contributed by atoms with Crippen LogP contribution >= 0.6 is 0 Å². The molecule has 0 spiro atoms. The van der Waals surface area contributed by atoms with Crippen LogP contribution in [0.25, 0.3) is 0 Å². The summed E-state index contributed by atoms with van der Waals surface area (Å²) in [7, 11) is -0.0858. The average molecular weight is 466 g/mol. The number of benzene rings is 1. The van der Waals surface area contributed by atoms with Gasteiger partial charge in [-0.05, 0) is 63.9 Å². The van der Waals surface area contributed by atoms with Crippen LogP contribution in [0.3, 0.4) is 0 Å². The smallest absolute Gasteiger partial charge is 0.251 e. The first-order valence-corrected chi connectivity index (χ1v) is 13.5. The van der Waals surface area contributed by atoms with Crippen LogP contribution < -0.4 is 10.1 Å². The Morgan fingerprint density at radius 2 is 1.75 bits per heavy atom. The molecule has 32 heavy (non-hydrogen) atoms. The SMILES string of the molecule is COc1ccc(C(=O)NCCCN(C)C2CCCCC2)cc1S(=O)(=O)N1CCCCCC1. The number of hydrogen-bond acceptors (Lipinski definition) is 5. The molecule has 1 aromatic carbocycles. The van der Waals surface area contributed by atoms with Gasteiger partial charge in [-0.1, -0.05) is 32.1 Å². The third-order valence-corrected chi connectivity index (χ3v) is 8.70. The van der Waals surface area contributed by atoms with Crippen molar-refractivity contribution in [1.82, 2.24) is 14.5 Å². The lowest BCUT2D eigenvalue weighted by molar-refractivity contribution is 0.0950. The molecule has 0 radical (unpaired) electrons. The maximum atomic E-state index is 13.3. The van der Waals surface area contributed by atoms with Crippen LogP contribution in [-0.4, -0.2) is 69.9 Å². The van der Waals surface area contributed by atoms with Crippen LogP contribution in [0.2, 0.25) is 0 Å². The lowest BCUT2D eigenvalue weighted by atomic mass is 9.94. The molecule has 2 fully saturated rings. The van der Waals surface area contributed by atoms with Gasteiger partial charge in [-0.15, -0.1) is 0 Å². The molecule has 0 atom stereocenters. The maximum Gasteiger partial charge on any atom is 0.251 e. The summed E-state index contributed by atoms with van der Waals surface area (Å²) in [5, 5.41) is 2.95. The van der Waals surface area contributed by atoms with Crippen molar-refractivity contribution in [3.63, 3.8) is 0 Å². The van der Waals surface area contributed by atoms with Gasteiger partial charge in [0.15, 0.2) is 0 Å². The monoisotopic (exact) mass is 465 g/mol. The Morgan fingerprint density at radius 1 is 1.09 bits per heavy atom. The van der Waals surface area contributed by atoms with Crippen molar-refractivity contribution in [2.75, 3.05) is 40.3 Å². The third kappa shape index (κ3) is 6.45. The zero-order valence-corrected chi connectivity index (χ0v) is 20.5. The van der Waals surface area contributed by atoms with E-state index in [1.54, 1.807) is 12.1 Å². The molecule has 1 saturated heterocycles. The topological polar surface area (TPSA) is 79.0 Å². The number of ether oxygens (including phenoxy) is 1. The van der Waals surface area contributed by atoms with Gasteiger partial charge >= 0.3 is 0 Å². The van der Waals surface area contributed by atoms with Crippen LogP contribution in [0, 0.1) is 0 Å². The van der Waals surface area contributed by atoms with Crippen LogP contribution in [0.5, 0.6) is 5.75 Å². The highest BCUT2D eigenvalue weighted by molar-refractivity contribution is 7.89. The number of methoxy groups -OCH3 is 1. The van der Waals surface area contributed by atoms with E-state index in [0.29, 0.717) is 31.2 Å². The van der Waals surface area contributed by atoms with Gasteiger partial charge in [-0.25, -0.2) is 8.42 Å². The van der Waals surface area contributed by atoms with Gasteiger partial charge in [0, 0.05) is 31.2 Å². The molecule has 0 unspecified atom stereocenters. The van der Waals surface area contributed by atoms with Gasteiger partial charge < -0.3 is 15.0 Å². The van der Waals surface area contributed by atoms with Crippen molar-refractivity contribution in [3.05, 3.63) is 23.8 Å². The largest absolute Gasteiger partial charge is 0.495 e. The van der Waals surface area contributed by atoms with Crippen molar-refractivity contribution in [2.45, 2.75) is 75.1 Å². The molecule has 7 nitrogen and oxygen atoms in total. The predicted molar refractivity (Wildman–Crippen MR) is 127 cm³/mol. The zero-order valence-electron chi connectivity index (χ0n) is 19.6. The Balaban J connectivity index is 1.60. The van der Waals surface area contributed by atoms with Crippen LogP contribution in [0.1, 0.15) is 74.6 Å². The number of rotatable bonds is 9. The number of nitrogens with one attached hydrogen (secondary N) is 1. The molecule has 1 aliphatic heterocycles. The number of sulfonamides is 1. The second kappa shape index (κ2) is 12.0. The Morgan fingerprint density at radius 3 is 2.41 bits per heavy atom. The van der Waals surface area contributed by atoms with Crippen molar-refractivity contribution >= 4 is 15.9 Å². The summed E-state index contributed by atoms with van der Waals surface area (Å²) >= 11 is 0. The molecule has 1 aromatic rings. The van der Waals surface area contributed by atoms with Gasteiger partial charge in [0.05, 0.1) is 7.11 Å². The van der Waals surface area contributed by atoms with Gasteiger partial charge in [-0.3, -0.25) is 4.79 Å². The molecule has 1 N–H and O–H groups in total. The summed E-state index contributed by atoms with van der Waals surface area (Å²) < 4.78 is 33.4. The molecular weight excluding hydrogens is 426 g/mol. The minimum absolute atomic E-state index is 0.0755. The van der Waals surface area contributed by atoms with Crippen LogP contribution in [-0.2, 0) is 10.0 Å². The predicted octanol–water partition coefficient (Wildman–Crippen LogP) is 3.64. The van der Waals surface area contributed by atoms with E-state index >= 15 is 0 Å². The lowest BCUT2D eigenvalue weighted by Gasteiger charge is -2.31. The summed E-state index contributed by atoms with van der Waals surface area (Å²) in [5.74, 6) is 0.0280. The molecule has 0 aromatic heterocycles. The Hall–Kier alpha value is -1.64. The highest BCUT2D eigenvalue weighted by Gasteiger charge is 2.29. The van der Waals surface area contributed by atoms with E-state index in [4.69, 9.17) is 4.74 Å². The highest BCUT2D eigenvalue weighted by atomic mass is 32.2. The minimum Gasteiger partial charge on any atom is -0.495 e. The summed E-state index contributed by atoms with van der Waals surface area (Å²) in [6.45, 7) is 2.53. The Kier molecular flexibility index (Phi) is 9.37. The van der Waals surface area contributed by atoms with Crippen LogP contribution in [0.4, 0.5) is 0 Å². The number of carbonyl (C=O) groups excluding carboxylic acids is 1. The molecule has 1 amide bonds. The van der Waals surface area contributed by atoms with Crippen molar-refractivity contribution in [1.29, 1.82) is 0 Å². The minimum atomic E-state index is -3.71. The maximum absolute atomic E-state index is 13.3. The zero-order chi connectivity index (χ0) is 23.0. The van der Waals surface area contributed by atoms with Gasteiger partial charge in [-0.2, -0.15) is 4.31 Å². The van der Waals surface area contributed by atoms with E-state index in [1.807, 2.05) is 0 Å². The Bertz CT molecular complexity index is 845. The fraction of sp³-hybridized carbons (Fsp3) is 0.708. The van der Waals surface area contributed by atoms with E-state index in [9.17, 15) is 13.2 Å². The number of nitrogens with zero attached hydrogens (tertiary/aromatic N) is 2. The first kappa shape index (κ1) is 25.0. The fourth-order valence-electron chi connectivity index (χ4n) is 4.78. The number of hydrogen-bond donors (Lipinski definition) is 1. The normalized spacial score (nSPS) is 19.0. The van der Waals surface area contributed by atoms with E-state index in [0.717, 1.165) is 38.6 Å². The number of amides is 1. The molecule has 3 rings (SSSR count). The molecule has 1 heterocycles. The average Bonchev–Trinajstić information content (AvgIpc) is 3.12. The summed E-state index contributed by atoms with van der Waals surface area (Å²) in [6, 6.07) is 5.33. The lowest BCUT2D eigenvalue weighted by Crippen LogP contribution is -2.36. The molecule has 1 saturated carbocycles. The second-order valence-corrected chi connectivity index (χ2v) is 11.0. The summed E-state index contributed by atoms with van der Waals surface area (Å²) in [4.78, 5) is 15.2. The summed E-state index contributed by atoms with van der Waals surface area (Å²) in [5.41, 5.74) is 0.347. The van der Waals surface area contributed by atoms with E-state index < -0.39 is 10.0 Å². The quantitative estimate of drug-likeness (QED) is 0.563. The van der Waals surface area contributed by atoms with Crippen molar-refractivity contribution < 1.29 is 17.9 Å². The van der Waals surface area contributed by atoms with Crippen molar-refractivity contribution in [3.8, 4) is 5.75 Å². The molecular formula is C24H39N3O4S. The first-order valence-electron chi connectivity index (χ1n) is 12.1.